The van der Waals surface area contributed by atoms with E-state index in [1.54, 1.807) is 0 Å². The van der Waals surface area contributed by atoms with E-state index in [2.05, 4.69) is 48.4 Å². The van der Waals surface area contributed by atoms with Crippen LogP contribution in [0.5, 0.6) is 0 Å². The summed E-state index contributed by atoms with van der Waals surface area (Å²) in [5, 5.41) is 3.45. The number of hydrogen-bond donors (Lipinski definition) is 1. The molecule has 2 heterocycles. The zero-order valence-corrected chi connectivity index (χ0v) is 15.6. The lowest BCUT2D eigenvalue weighted by molar-refractivity contribution is 0.825. The predicted octanol–water partition coefficient (Wildman–Crippen LogP) is 4.94. The summed E-state index contributed by atoms with van der Waals surface area (Å²) in [6.45, 7) is 4.28. The Morgan fingerprint density at radius 3 is 2.59 bits per heavy atom. The van der Waals surface area contributed by atoms with Crippen molar-refractivity contribution in [3.63, 3.8) is 0 Å². The number of nitrogens with zero attached hydrogens (tertiary/aromatic N) is 4. The number of nitrogens with one attached hydrogen (secondary N) is 1. The van der Waals surface area contributed by atoms with Crippen molar-refractivity contribution >= 4 is 17.0 Å². The van der Waals surface area contributed by atoms with E-state index < -0.39 is 0 Å². The molecule has 0 aliphatic heterocycles. The summed E-state index contributed by atoms with van der Waals surface area (Å²) in [6, 6.07) is 20.6. The van der Waals surface area contributed by atoms with Gasteiger partial charge >= 0.3 is 0 Å². The molecule has 0 radical (unpaired) electrons. The predicted molar refractivity (Wildman–Crippen MR) is 109 cm³/mol. The van der Waals surface area contributed by atoms with E-state index in [9.17, 15) is 0 Å². The van der Waals surface area contributed by atoms with E-state index in [0.29, 0.717) is 5.95 Å². The fourth-order valence-electron chi connectivity index (χ4n) is 3.22. The molecule has 1 N–H and O–H groups in total. The molecular formula is C22H23N5. The van der Waals surface area contributed by atoms with Crippen molar-refractivity contribution in [1.29, 1.82) is 0 Å². The number of fused-ring (bicyclic) bond motifs is 1. The Labute approximate surface area is 159 Å². The number of hydrogen-bond acceptors (Lipinski definition) is 4. The second-order valence-corrected chi connectivity index (χ2v) is 6.67. The van der Waals surface area contributed by atoms with Gasteiger partial charge in [-0.25, -0.2) is 9.97 Å². The first-order chi connectivity index (χ1) is 13.2. The molecule has 0 fully saturated rings. The van der Waals surface area contributed by atoms with Crippen molar-refractivity contribution in [2.24, 2.45) is 0 Å². The Morgan fingerprint density at radius 2 is 1.78 bits per heavy atom. The van der Waals surface area contributed by atoms with Crippen molar-refractivity contribution in [3.05, 3.63) is 78.2 Å². The minimum absolute atomic E-state index is 0.121. The average Bonchev–Trinajstić information content (AvgIpc) is 3.13. The van der Waals surface area contributed by atoms with Crippen LogP contribution in [0.2, 0.25) is 0 Å². The summed E-state index contributed by atoms with van der Waals surface area (Å²) in [4.78, 5) is 14.0. The van der Waals surface area contributed by atoms with Crippen molar-refractivity contribution in [2.45, 2.75) is 32.7 Å². The van der Waals surface area contributed by atoms with E-state index in [1.807, 2.05) is 47.3 Å². The lowest BCUT2D eigenvalue weighted by Crippen LogP contribution is -2.12. The summed E-state index contributed by atoms with van der Waals surface area (Å²) < 4.78 is 2.02. The molecule has 1 unspecified atom stereocenters. The monoisotopic (exact) mass is 357 g/mol. The Hall–Kier alpha value is -3.21. The molecular weight excluding hydrogens is 334 g/mol. The molecule has 2 aromatic carbocycles. The molecule has 0 saturated carbocycles. The van der Waals surface area contributed by atoms with Crippen molar-refractivity contribution in [1.82, 2.24) is 19.5 Å². The van der Waals surface area contributed by atoms with Crippen molar-refractivity contribution < 1.29 is 0 Å². The van der Waals surface area contributed by atoms with Gasteiger partial charge in [-0.05, 0) is 31.0 Å². The van der Waals surface area contributed by atoms with Gasteiger partial charge in [0.1, 0.15) is 12.1 Å². The average molecular weight is 357 g/mol. The standard InChI is InChI=1S/C22H23N5/c1-3-9-18-14-21(27-15-23-19-12-7-8-13-20(19)27)26-22(25-18)24-16(2)17-10-5-4-6-11-17/h4-8,10-16H,3,9H2,1-2H3,(H,24,25,26). The molecule has 136 valence electrons. The van der Waals surface area contributed by atoms with Crippen LogP contribution in [-0.4, -0.2) is 19.5 Å². The van der Waals surface area contributed by atoms with E-state index in [-0.39, 0.29) is 6.04 Å². The Balaban J connectivity index is 1.72. The lowest BCUT2D eigenvalue weighted by atomic mass is 10.1. The van der Waals surface area contributed by atoms with Gasteiger partial charge in [0, 0.05) is 11.8 Å². The molecule has 0 aliphatic rings. The highest BCUT2D eigenvalue weighted by atomic mass is 15.2. The van der Waals surface area contributed by atoms with E-state index >= 15 is 0 Å². The van der Waals surface area contributed by atoms with Crippen LogP contribution < -0.4 is 5.32 Å². The smallest absolute Gasteiger partial charge is 0.225 e. The summed E-state index contributed by atoms with van der Waals surface area (Å²) in [6.07, 6.45) is 3.78. The number of imidazole rings is 1. The summed E-state index contributed by atoms with van der Waals surface area (Å²) in [5.41, 5.74) is 4.24. The number of aromatic nitrogens is 4. The number of para-hydroxylation sites is 2. The summed E-state index contributed by atoms with van der Waals surface area (Å²) in [5.74, 6) is 1.48. The van der Waals surface area contributed by atoms with Crippen LogP contribution in [0.15, 0.2) is 67.0 Å². The molecule has 0 amide bonds. The summed E-state index contributed by atoms with van der Waals surface area (Å²) >= 11 is 0. The number of rotatable bonds is 6. The maximum atomic E-state index is 4.77. The molecule has 1 atom stereocenters. The van der Waals surface area contributed by atoms with Gasteiger partial charge in [-0.1, -0.05) is 55.8 Å². The molecule has 0 spiro atoms. The summed E-state index contributed by atoms with van der Waals surface area (Å²) in [7, 11) is 0. The second kappa shape index (κ2) is 7.58. The van der Waals surface area contributed by atoms with Gasteiger partial charge in [0.2, 0.25) is 5.95 Å². The molecule has 27 heavy (non-hydrogen) atoms. The molecule has 0 bridgehead atoms. The Bertz CT molecular complexity index is 1040. The van der Waals surface area contributed by atoms with Crippen LogP contribution in [0.1, 0.15) is 37.6 Å². The molecule has 4 rings (SSSR count). The van der Waals surface area contributed by atoms with Crippen LogP contribution in [0, 0.1) is 0 Å². The fourth-order valence-corrected chi connectivity index (χ4v) is 3.22. The van der Waals surface area contributed by atoms with Crippen LogP contribution in [0.4, 0.5) is 5.95 Å². The van der Waals surface area contributed by atoms with Crippen molar-refractivity contribution in [2.75, 3.05) is 5.32 Å². The van der Waals surface area contributed by atoms with E-state index in [0.717, 1.165) is 35.4 Å². The van der Waals surface area contributed by atoms with Crippen LogP contribution in [-0.2, 0) is 6.42 Å². The largest absolute Gasteiger partial charge is 0.348 e. The van der Waals surface area contributed by atoms with Crippen LogP contribution in [0.25, 0.3) is 16.9 Å². The minimum Gasteiger partial charge on any atom is -0.348 e. The lowest BCUT2D eigenvalue weighted by Gasteiger charge is -2.16. The highest BCUT2D eigenvalue weighted by Crippen LogP contribution is 2.21. The molecule has 5 nitrogen and oxygen atoms in total. The van der Waals surface area contributed by atoms with Gasteiger partial charge in [0.05, 0.1) is 17.1 Å². The SMILES string of the molecule is CCCc1cc(-n2cnc3ccccc32)nc(NC(C)c2ccccc2)n1. The number of benzene rings is 2. The van der Waals surface area contributed by atoms with Gasteiger partial charge in [-0.3, -0.25) is 4.57 Å². The fraction of sp³-hybridized carbons (Fsp3) is 0.227. The van der Waals surface area contributed by atoms with E-state index in [4.69, 9.17) is 9.97 Å². The molecule has 0 aliphatic carbocycles. The molecule has 4 aromatic rings. The molecule has 2 aromatic heterocycles. The topological polar surface area (TPSA) is 55.6 Å². The van der Waals surface area contributed by atoms with Crippen molar-refractivity contribution in [3.8, 4) is 5.82 Å². The Morgan fingerprint density at radius 1 is 1.00 bits per heavy atom. The molecule has 5 heteroatoms. The first-order valence-corrected chi connectivity index (χ1v) is 9.36. The van der Waals surface area contributed by atoms with Gasteiger partial charge in [-0.15, -0.1) is 0 Å². The zero-order valence-electron chi connectivity index (χ0n) is 15.6. The van der Waals surface area contributed by atoms with Crippen LogP contribution >= 0.6 is 0 Å². The quantitative estimate of drug-likeness (QED) is 0.531. The number of aryl methyl sites for hydroxylation is 1. The van der Waals surface area contributed by atoms with Gasteiger partial charge in [-0.2, -0.15) is 4.98 Å². The van der Waals surface area contributed by atoms with Gasteiger partial charge in [0.25, 0.3) is 0 Å². The first-order valence-electron chi connectivity index (χ1n) is 9.36. The zero-order chi connectivity index (χ0) is 18.6. The maximum absolute atomic E-state index is 4.77. The van der Waals surface area contributed by atoms with E-state index in [1.165, 1.54) is 5.56 Å². The van der Waals surface area contributed by atoms with Crippen LogP contribution in [0.3, 0.4) is 0 Å². The highest BCUT2D eigenvalue weighted by Gasteiger charge is 2.12. The van der Waals surface area contributed by atoms with Gasteiger partial charge < -0.3 is 5.32 Å². The molecule has 0 saturated heterocycles. The third-order valence-corrected chi connectivity index (χ3v) is 4.62. The first kappa shape index (κ1) is 17.2. The highest BCUT2D eigenvalue weighted by molar-refractivity contribution is 5.76. The third-order valence-electron chi connectivity index (χ3n) is 4.62. The third kappa shape index (κ3) is 3.67. The number of anilines is 1. The maximum Gasteiger partial charge on any atom is 0.225 e. The second-order valence-electron chi connectivity index (χ2n) is 6.67. The normalized spacial score (nSPS) is 12.2. The minimum atomic E-state index is 0.121. The van der Waals surface area contributed by atoms with Gasteiger partial charge in [0.15, 0.2) is 0 Å². The Kier molecular flexibility index (Phi) is 4.83.